The van der Waals surface area contributed by atoms with Crippen LogP contribution in [0.4, 0.5) is 10.3 Å². The maximum absolute atomic E-state index is 12.8. The zero-order valence-corrected chi connectivity index (χ0v) is 12.0. The number of hydrogen-bond donors (Lipinski definition) is 2. The molecule has 2 saturated heterocycles. The number of aromatic nitrogens is 2. The van der Waals surface area contributed by atoms with Crippen LogP contribution >= 0.6 is 0 Å². The van der Waals surface area contributed by atoms with E-state index in [1.807, 2.05) is 4.90 Å². The van der Waals surface area contributed by atoms with Crippen molar-refractivity contribution >= 4 is 5.95 Å². The van der Waals surface area contributed by atoms with Gasteiger partial charge in [0.05, 0.1) is 30.2 Å². The molecule has 0 amide bonds. The summed E-state index contributed by atoms with van der Waals surface area (Å²) in [4.78, 5) is 9.95. The average molecular weight is 297 g/mol. The number of aliphatic hydroxyl groups is 2. The van der Waals surface area contributed by atoms with Crippen LogP contribution in [0.15, 0.2) is 12.4 Å². The van der Waals surface area contributed by atoms with E-state index in [0.29, 0.717) is 25.5 Å². The summed E-state index contributed by atoms with van der Waals surface area (Å²) in [6.45, 7) is 3.16. The van der Waals surface area contributed by atoms with Crippen LogP contribution in [0, 0.1) is 5.82 Å². The molecule has 2 aliphatic rings. The van der Waals surface area contributed by atoms with E-state index in [4.69, 9.17) is 4.74 Å². The molecule has 6 nitrogen and oxygen atoms in total. The normalized spacial score (nSPS) is 32.4. The third kappa shape index (κ3) is 2.86. The predicted molar refractivity (Wildman–Crippen MR) is 73.4 cm³/mol. The first-order chi connectivity index (χ1) is 9.90. The van der Waals surface area contributed by atoms with Crippen LogP contribution in [0.3, 0.4) is 0 Å². The molecule has 2 N–H and O–H groups in total. The summed E-state index contributed by atoms with van der Waals surface area (Å²) in [7, 11) is 0. The summed E-state index contributed by atoms with van der Waals surface area (Å²) >= 11 is 0. The fourth-order valence-corrected chi connectivity index (χ4v) is 3.16. The minimum Gasteiger partial charge on any atom is -0.388 e. The van der Waals surface area contributed by atoms with Crippen molar-refractivity contribution in [2.24, 2.45) is 0 Å². The molecule has 3 rings (SSSR count). The Morgan fingerprint density at radius 1 is 1.33 bits per heavy atom. The highest BCUT2D eigenvalue weighted by Gasteiger charge is 2.48. The number of rotatable bonds is 1. The lowest BCUT2D eigenvalue weighted by molar-refractivity contribution is -0.216. The van der Waals surface area contributed by atoms with Crippen molar-refractivity contribution in [3.05, 3.63) is 18.2 Å². The second-order valence-corrected chi connectivity index (χ2v) is 6.23. The molecule has 2 fully saturated rings. The lowest BCUT2D eigenvalue weighted by Crippen LogP contribution is -2.59. The molecular formula is C14H20FN3O3. The molecule has 0 radical (unpaired) electrons. The van der Waals surface area contributed by atoms with Gasteiger partial charge < -0.3 is 19.8 Å². The molecular weight excluding hydrogens is 277 g/mol. The van der Waals surface area contributed by atoms with Gasteiger partial charge in [-0.2, -0.15) is 0 Å². The van der Waals surface area contributed by atoms with E-state index in [1.165, 1.54) is 0 Å². The van der Waals surface area contributed by atoms with Gasteiger partial charge in [0.1, 0.15) is 6.10 Å². The lowest BCUT2D eigenvalue weighted by atomic mass is 9.77. The van der Waals surface area contributed by atoms with Gasteiger partial charge in [-0.05, 0) is 19.8 Å². The van der Waals surface area contributed by atoms with E-state index in [0.717, 1.165) is 25.2 Å². The zero-order valence-electron chi connectivity index (χ0n) is 12.0. The highest BCUT2D eigenvalue weighted by Crippen LogP contribution is 2.39. The largest absolute Gasteiger partial charge is 0.388 e. The van der Waals surface area contributed by atoms with Gasteiger partial charge in [0.25, 0.3) is 0 Å². The molecule has 7 heteroatoms. The van der Waals surface area contributed by atoms with Crippen molar-refractivity contribution in [2.45, 2.75) is 43.5 Å². The van der Waals surface area contributed by atoms with Crippen molar-refractivity contribution in [3.63, 3.8) is 0 Å². The summed E-state index contributed by atoms with van der Waals surface area (Å²) in [6, 6.07) is 0. The van der Waals surface area contributed by atoms with Gasteiger partial charge in [-0.15, -0.1) is 0 Å². The molecule has 1 spiro atoms. The van der Waals surface area contributed by atoms with Gasteiger partial charge >= 0.3 is 0 Å². The number of ether oxygens (including phenoxy) is 1. The smallest absolute Gasteiger partial charge is 0.225 e. The van der Waals surface area contributed by atoms with Crippen LogP contribution < -0.4 is 4.90 Å². The van der Waals surface area contributed by atoms with Gasteiger partial charge in [-0.3, -0.25) is 0 Å². The molecule has 2 atom stereocenters. The molecule has 0 saturated carbocycles. The van der Waals surface area contributed by atoms with Gasteiger partial charge in [0.15, 0.2) is 5.82 Å². The maximum atomic E-state index is 12.8. The first-order valence-electron chi connectivity index (χ1n) is 7.17. The van der Waals surface area contributed by atoms with Gasteiger partial charge in [0.2, 0.25) is 5.95 Å². The Balaban J connectivity index is 1.66. The van der Waals surface area contributed by atoms with Crippen LogP contribution in [-0.2, 0) is 4.74 Å². The summed E-state index contributed by atoms with van der Waals surface area (Å²) in [6.07, 6.45) is 3.32. The number of anilines is 1. The maximum Gasteiger partial charge on any atom is 0.225 e. The first-order valence-corrected chi connectivity index (χ1v) is 7.17. The number of hydrogen-bond acceptors (Lipinski definition) is 6. The molecule has 2 aliphatic heterocycles. The highest BCUT2D eigenvalue weighted by atomic mass is 19.1. The average Bonchev–Trinajstić information content (AvgIpc) is 2.45. The summed E-state index contributed by atoms with van der Waals surface area (Å²) in [5.74, 6) is 0.0572. The highest BCUT2D eigenvalue weighted by molar-refractivity contribution is 5.30. The van der Waals surface area contributed by atoms with Crippen LogP contribution in [0.1, 0.15) is 26.2 Å². The SMILES string of the molecule is C[C@]1(O)CC2(CCN(c3ncc(F)cn3)CC2)OC[C@@H]1O. The molecule has 0 bridgehead atoms. The third-order valence-electron chi connectivity index (χ3n) is 4.51. The second kappa shape index (κ2) is 5.15. The molecule has 1 aromatic heterocycles. The van der Waals surface area contributed by atoms with Crippen LogP contribution in [0.2, 0.25) is 0 Å². The van der Waals surface area contributed by atoms with Crippen LogP contribution in [0.5, 0.6) is 0 Å². The fraction of sp³-hybridized carbons (Fsp3) is 0.714. The molecule has 116 valence electrons. The Morgan fingerprint density at radius 3 is 2.52 bits per heavy atom. The second-order valence-electron chi connectivity index (χ2n) is 6.23. The minimum absolute atomic E-state index is 0.153. The summed E-state index contributed by atoms with van der Waals surface area (Å²) in [5.41, 5.74) is -1.52. The monoisotopic (exact) mass is 297 g/mol. The van der Waals surface area contributed by atoms with E-state index in [9.17, 15) is 14.6 Å². The third-order valence-corrected chi connectivity index (χ3v) is 4.51. The quantitative estimate of drug-likeness (QED) is 0.785. The standard InChI is InChI=1S/C14H20FN3O3/c1-13(20)9-14(21-8-11(13)19)2-4-18(5-3-14)12-16-6-10(15)7-17-12/h6-7,11,19-20H,2-5,8-9H2,1H3/t11-,13-/m0/s1. The van der Waals surface area contributed by atoms with E-state index < -0.39 is 23.1 Å². The molecule has 3 heterocycles. The van der Waals surface area contributed by atoms with E-state index in [2.05, 4.69) is 9.97 Å². The van der Waals surface area contributed by atoms with Crippen molar-refractivity contribution in [1.82, 2.24) is 9.97 Å². The topological polar surface area (TPSA) is 78.7 Å². The van der Waals surface area contributed by atoms with Gasteiger partial charge in [-0.25, -0.2) is 14.4 Å². The van der Waals surface area contributed by atoms with E-state index >= 15 is 0 Å². The lowest BCUT2D eigenvalue weighted by Gasteiger charge is -2.49. The minimum atomic E-state index is -1.12. The summed E-state index contributed by atoms with van der Waals surface area (Å²) < 4.78 is 18.7. The van der Waals surface area contributed by atoms with Crippen molar-refractivity contribution < 1.29 is 19.3 Å². The fourth-order valence-electron chi connectivity index (χ4n) is 3.16. The van der Waals surface area contributed by atoms with Crippen molar-refractivity contribution in [3.8, 4) is 0 Å². The van der Waals surface area contributed by atoms with Gasteiger partial charge in [-0.1, -0.05) is 0 Å². The Morgan fingerprint density at radius 2 is 1.95 bits per heavy atom. The predicted octanol–water partition coefficient (Wildman–Crippen LogP) is 0.487. The Hall–Kier alpha value is -1.31. The van der Waals surface area contributed by atoms with Gasteiger partial charge in [0, 0.05) is 19.5 Å². The van der Waals surface area contributed by atoms with Crippen molar-refractivity contribution in [1.29, 1.82) is 0 Å². The van der Waals surface area contributed by atoms with E-state index in [-0.39, 0.29) is 6.61 Å². The van der Waals surface area contributed by atoms with Crippen molar-refractivity contribution in [2.75, 3.05) is 24.6 Å². The molecule has 21 heavy (non-hydrogen) atoms. The first kappa shape index (κ1) is 14.6. The Labute approximate surface area is 122 Å². The Kier molecular flexibility index (Phi) is 3.59. The van der Waals surface area contributed by atoms with Crippen LogP contribution in [0.25, 0.3) is 0 Å². The number of nitrogens with zero attached hydrogens (tertiary/aromatic N) is 3. The molecule has 0 aliphatic carbocycles. The number of aliphatic hydroxyl groups excluding tert-OH is 1. The van der Waals surface area contributed by atoms with E-state index in [1.54, 1.807) is 6.92 Å². The molecule has 0 aromatic carbocycles. The van der Waals surface area contributed by atoms with Crippen LogP contribution in [-0.4, -0.2) is 57.2 Å². The summed E-state index contributed by atoms with van der Waals surface area (Å²) in [5, 5.41) is 20.0. The number of halogens is 1. The Bertz CT molecular complexity index is 501. The number of piperidine rings is 1. The molecule has 0 unspecified atom stereocenters. The zero-order chi connectivity index (χ0) is 15.1. The molecule has 1 aromatic rings.